The van der Waals surface area contributed by atoms with Gasteiger partial charge >= 0.3 is 0 Å². The molecule has 6 rings (SSSR count). The summed E-state index contributed by atoms with van der Waals surface area (Å²) in [5, 5.41) is 17.2. The molecule has 1 aromatic carbocycles. The van der Waals surface area contributed by atoms with E-state index in [1.54, 1.807) is 0 Å². The van der Waals surface area contributed by atoms with E-state index in [1.165, 1.54) is 0 Å². The van der Waals surface area contributed by atoms with Gasteiger partial charge in [-0.15, -0.1) is 0 Å². The fourth-order valence-corrected chi connectivity index (χ4v) is 6.91. The second kappa shape index (κ2) is 5.80. The molecule has 3 atom stereocenters. The van der Waals surface area contributed by atoms with E-state index in [-0.39, 0.29) is 5.41 Å². The van der Waals surface area contributed by atoms with Crippen LogP contribution in [0.25, 0.3) is 10.9 Å². The van der Waals surface area contributed by atoms with Gasteiger partial charge < -0.3 is 9.90 Å². The molecule has 2 aliphatic heterocycles. The summed E-state index contributed by atoms with van der Waals surface area (Å²) in [6, 6.07) is 6.43. The molecule has 5 nitrogen and oxygen atoms in total. The predicted molar refractivity (Wildman–Crippen MR) is 110 cm³/mol. The van der Waals surface area contributed by atoms with Crippen LogP contribution in [0.5, 0.6) is 0 Å². The molecule has 2 saturated heterocycles. The Balaban J connectivity index is 1.53. The molecule has 2 aliphatic carbocycles. The van der Waals surface area contributed by atoms with Crippen molar-refractivity contribution in [3.05, 3.63) is 28.9 Å². The number of carbonyl (C=O) groups is 1. The number of aromatic nitrogens is 2. The molecule has 150 valence electrons. The maximum Gasteiger partial charge on any atom is 0.133 e. The summed E-state index contributed by atoms with van der Waals surface area (Å²) in [5.74, 6) is 0. The Morgan fingerprint density at radius 2 is 2.00 bits per heavy atom. The third-order valence-electron chi connectivity index (χ3n) is 7.52. The number of hydrogen-bond donors (Lipinski definition) is 1. The second-order valence-electron chi connectivity index (χ2n) is 10.1. The number of aryl methyl sites for hydroxylation is 1. The van der Waals surface area contributed by atoms with Crippen molar-refractivity contribution in [2.45, 2.75) is 69.1 Å². The van der Waals surface area contributed by atoms with E-state index >= 15 is 0 Å². The number of aldehydes is 1. The zero-order valence-corrected chi connectivity index (χ0v) is 17.5. The van der Waals surface area contributed by atoms with E-state index in [2.05, 4.69) is 11.8 Å². The Labute approximate surface area is 170 Å². The maximum absolute atomic E-state index is 12.4. The molecule has 2 aromatic rings. The van der Waals surface area contributed by atoms with Crippen LogP contribution >= 0.6 is 11.6 Å². The van der Waals surface area contributed by atoms with Gasteiger partial charge in [-0.3, -0.25) is 9.58 Å². The normalized spacial score (nSPS) is 36.8. The number of rotatable bonds is 4. The van der Waals surface area contributed by atoms with Gasteiger partial charge in [0.15, 0.2) is 0 Å². The first-order valence-corrected chi connectivity index (χ1v) is 10.6. The average Bonchev–Trinajstić information content (AvgIpc) is 2.95. The number of aliphatic hydroxyl groups is 1. The van der Waals surface area contributed by atoms with Crippen LogP contribution < -0.4 is 0 Å². The lowest BCUT2D eigenvalue weighted by Crippen LogP contribution is -2.68. The van der Waals surface area contributed by atoms with E-state index < -0.39 is 11.0 Å². The van der Waals surface area contributed by atoms with E-state index in [0.29, 0.717) is 23.7 Å². The van der Waals surface area contributed by atoms with Crippen LogP contribution in [0.2, 0.25) is 5.02 Å². The molecule has 28 heavy (non-hydrogen) atoms. The van der Waals surface area contributed by atoms with Crippen LogP contribution in [-0.2, 0) is 17.3 Å². The molecule has 2 saturated carbocycles. The van der Waals surface area contributed by atoms with Crippen LogP contribution in [0.15, 0.2) is 18.2 Å². The monoisotopic (exact) mass is 401 g/mol. The van der Waals surface area contributed by atoms with Crippen molar-refractivity contribution >= 4 is 28.8 Å². The first kappa shape index (κ1) is 18.6. The molecule has 4 fully saturated rings. The van der Waals surface area contributed by atoms with Crippen molar-refractivity contribution in [2.24, 2.45) is 12.5 Å². The minimum Gasteiger partial charge on any atom is -0.390 e. The van der Waals surface area contributed by atoms with E-state index in [4.69, 9.17) is 16.7 Å². The molecule has 0 amide bonds. The Hall–Kier alpha value is -1.43. The van der Waals surface area contributed by atoms with Gasteiger partial charge in [-0.2, -0.15) is 5.10 Å². The Kier molecular flexibility index (Phi) is 3.85. The summed E-state index contributed by atoms with van der Waals surface area (Å²) in [7, 11) is 1.90. The SMILES string of the molecule is Cn1nc(C(C)(C=O)CN2C3CC4(C)CC2CC(O)(C3)C4)c2c(Cl)cccc21. The number of carbonyl (C=O) groups excluding carboxylic acids is 1. The Bertz CT molecular complexity index is 934. The molecule has 1 aromatic heterocycles. The van der Waals surface area contributed by atoms with Gasteiger partial charge in [0.25, 0.3) is 0 Å². The molecule has 6 heteroatoms. The zero-order valence-electron chi connectivity index (χ0n) is 16.8. The molecule has 3 unspecified atom stereocenters. The highest BCUT2D eigenvalue weighted by atomic mass is 35.5. The van der Waals surface area contributed by atoms with Crippen molar-refractivity contribution in [2.75, 3.05) is 6.54 Å². The van der Waals surface area contributed by atoms with Crippen LogP contribution in [0.1, 0.15) is 51.6 Å². The third kappa shape index (κ3) is 2.59. The summed E-state index contributed by atoms with van der Waals surface area (Å²) >= 11 is 6.52. The highest BCUT2D eigenvalue weighted by molar-refractivity contribution is 6.35. The smallest absolute Gasteiger partial charge is 0.133 e. The molecule has 4 aliphatic rings. The summed E-state index contributed by atoms with van der Waals surface area (Å²) in [6.07, 6.45) is 5.80. The third-order valence-corrected chi connectivity index (χ3v) is 7.84. The number of benzene rings is 1. The largest absolute Gasteiger partial charge is 0.390 e. The summed E-state index contributed by atoms with van der Waals surface area (Å²) < 4.78 is 1.81. The Morgan fingerprint density at radius 3 is 2.61 bits per heavy atom. The number of piperidine rings is 2. The first-order chi connectivity index (χ1) is 13.2. The highest BCUT2D eigenvalue weighted by Gasteiger charge is 2.59. The predicted octanol–water partition coefficient (Wildman–Crippen LogP) is 3.45. The van der Waals surface area contributed by atoms with Gasteiger partial charge in [-0.1, -0.05) is 24.6 Å². The molecule has 0 spiro atoms. The van der Waals surface area contributed by atoms with Crippen LogP contribution in [0.4, 0.5) is 0 Å². The topological polar surface area (TPSA) is 58.4 Å². The lowest BCUT2D eigenvalue weighted by atomic mass is 9.54. The van der Waals surface area contributed by atoms with E-state index in [0.717, 1.165) is 55.0 Å². The minimum atomic E-state index is -0.747. The summed E-state index contributed by atoms with van der Waals surface area (Å²) in [5.41, 5.74) is 0.663. The Morgan fingerprint density at radius 1 is 1.32 bits per heavy atom. The molecule has 0 radical (unpaired) electrons. The van der Waals surface area contributed by atoms with Crippen LogP contribution in [0.3, 0.4) is 0 Å². The lowest BCUT2D eigenvalue weighted by Gasteiger charge is -2.64. The van der Waals surface area contributed by atoms with Crippen molar-refractivity contribution < 1.29 is 9.90 Å². The van der Waals surface area contributed by atoms with E-state index in [1.807, 2.05) is 36.9 Å². The van der Waals surface area contributed by atoms with Gasteiger partial charge in [0.05, 0.1) is 27.2 Å². The van der Waals surface area contributed by atoms with Crippen molar-refractivity contribution in [3.8, 4) is 0 Å². The van der Waals surface area contributed by atoms with Crippen LogP contribution in [-0.4, -0.2) is 50.3 Å². The van der Waals surface area contributed by atoms with Crippen LogP contribution in [0, 0.1) is 5.41 Å². The molecular formula is C22H28ClN3O2. The minimum absolute atomic E-state index is 0.232. The summed E-state index contributed by atoms with van der Waals surface area (Å²) in [4.78, 5) is 14.9. The fourth-order valence-electron chi connectivity index (χ4n) is 6.65. The highest BCUT2D eigenvalue weighted by Crippen LogP contribution is 2.58. The number of hydrogen-bond acceptors (Lipinski definition) is 4. The zero-order chi connectivity index (χ0) is 19.9. The number of fused-ring (bicyclic) bond motifs is 1. The van der Waals surface area contributed by atoms with Gasteiger partial charge in [0, 0.05) is 31.1 Å². The number of nitrogens with zero attached hydrogens (tertiary/aromatic N) is 3. The maximum atomic E-state index is 12.4. The first-order valence-electron chi connectivity index (χ1n) is 10.2. The van der Waals surface area contributed by atoms with Crippen molar-refractivity contribution in [1.82, 2.24) is 14.7 Å². The van der Waals surface area contributed by atoms with Gasteiger partial charge in [0.2, 0.25) is 0 Å². The molecule has 3 heterocycles. The molecular weight excluding hydrogens is 374 g/mol. The van der Waals surface area contributed by atoms with Gasteiger partial charge in [-0.05, 0) is 56.6 Å². The van der Waals surface area contributed by atoms with Crippen molar-refractivity contribution in [1.29, 1.82) is 0 Å². The average molecular weight is 402 g/mol. The van der Waals surface area contributed by atoms with Gasteiger partial charge in [0.1, 0.15) is 6.29 Å². The molecule has 4 bridgehead atoms. The fraction of sp³-hybridized carbons (Fsp3) is 0.636. The molecule has 1 N–H and O–H groups in total. The van der Waals surface area contributed by atoms with Crippen molar-refractivity contribution in [3.63, 3.8) is 0 Å². The number of halogens is 1. The summed E-state index contributed by atoms with van der Waals surface area (Å²) in [6.45, 7) is 4.92. The standard InChI is InChI=1S/C22H28ClN3O2/c1-20-7-14-9-22(28,11-20)10-15(8-20)26(14)12-21(2,13-27)19-18-16(23)5-4-6-17(18)25(3)24-19/h4-6,13-15,28H,7-12H2,1-3H3. The lowest BCUT2D eigenvalue weighted by molar-refractivity contribution is -0.189. The van der Waals surface area contributed by atoms with Gasteiger partial charge in [-0.25, -0.2) is 0 Å². The van der Waals surface area contributed by atoms with E-state index in [9.17, 15) is 9.90 Å². The quantitative estimate of drug-likeness (QED) is 0.797. The second-order valence-corrected chi connectivity index (χ2v) is 10.6.